The zero-order valence-corrected chi connectivity index (χ0v) is 15.2. The summed E-state index contributed by atoms with van der Waals surface area (Å²) in [5, 5.41) is 0. The Morgan fingerprint density at radius 2 is 1.68 bits per heavy atom. The van der Waals surface area contributed by atoms with Crippen LogP contribution in [0.15, 0.2) is 58.6 Å². The molecule has 2 N–H and O–H groups in total. The molecule has 136 valence electrons. The Labute approximate surface area is 147 Å². The topological polar surface area (TPSA) is 114 Å². The second-order valence-electron chi connectivity index (χ2n) is 4.89. The third-order valence-electron chi connectivity index (χ3n) is 3.08. The number of rotatable bonds is 9. The average Bonchev–Trinajstić information content (AvgIpc) is 2.59. The maximum absolute atomic E-state index is 12.6. The molecule has 0 unspecified atom stereocenters. The zero-order chi connectivity index (χ0) is 18.3. The van der Waals surface area contributed by atoms with Gasteiger partial charge in [-0.25, -0.2) is 21.6 Å². The number of hydrogen-bond donors (Lipinski definition) is 2. The zero-order valence-electron chi connectivity index (χ0n) is 13.5. The molecule has 0 aliphatic rings. The summed E-state index contributed by atoms with van der Waals surface area (Å²) in [6.07, 6.45) is 2.83. The number of hydrogen-bond acceptors (Lipinski definition) is 6. The Balaban J connectivity index is 2.31. The molecule has 1 aromatic heterocycles. The summed E-state index contributed by atoms with van der Waals surface area (Å²) in [5.41, 5.74) is 0.235. The number of ether oxygens (including phenoxy) is 1. The summed E-state index contributed by atoms with van der Waals surface area (Å²) in [6, 6.07) is 8.46. The highest BCUT2D eigenvalue weighted by Gasteiger charge is 2.26. The minimum atomic E-state index is -4.10. The smallest absolute Gasteiger partial charge is 0.263 e. The average molecular weight is 385 g/mol. The van der Waals surface area contributed by atoms with Gasteiger partial charge in [-0.1, -0.05) is 12.1 Å². The first kappa shape index (κ1) is 19.3. The van der Waals surface area contributed by atoms with E-state index < -0.39 is 20.0 Å². The Hall–Kier alpha value is -2.01. The van der Waals surface area contributed by atoms with Gasteiger partial charge in [0.15, 0.2) is 0 Å². The van der Waals surface area contributed by atoms with Crippen LogP contribution < -0.4 is 9.44 Å². The van der Waals surface area contributed by atoms with Gasteiger partial charge in [0.1, 0.15) is 9.79 Å². The van der Waals surface area contributed by atoms with Crippen molar-refractivity contribution in [2.75, 3.05) is 24.5 Å². The lowest BCUT2D eigenvalue weighted by Gasteiger charge is -2.13. The summed E-state index contributed by atoms with van der Waals surface area (Å²) in [4.78, 5) is 3.14. The number of nitrogens with zero attached hydrogens (tertiary/aromatic N) is 1. The lowest BCUT2D eigenvalue weighted by atomic mass is 10.4. The molecule has 1 aromatic carbocycles. The van der Waals surface area contributed by atoms with Crippen LogP contribution in [0.1, 0.15) is 6.92 Å². The van der Waals surface area contributed by atoms with Gasteiger partial charge in [-0.15, -0.1) is 0 Å². The van der Waals surface area contributed by atoms with Crippen molar-refractivity contribution in [3.63, 3.8) is 0 Å². The van der Waals surface area contributed by atoms with Gasteiger partial charge < -0.3 is 4.74 Å². The predicted octanol–water partition coefficient (Wildman–Crippen LogP) is 1.20. The largest absolute Gasteiger partial charge is 0.380 e. The van der Waals surface area contributed by atoms with E-state index in [1.807, 2.05) is 0 Å². The van der Waals surface area contributed by atoms with Crippen LogP contribution in [0.5, 0.6) is 0 Å². The molecule has 0 amide bonds. The van der Waals surface area contributed by atoms with E-state index in [2.05, 4.69) is 14.4 Å². The van der Waals surface area contributed by atoms with Crippen LogP contribution in [-0.2, 0) is 24.8 Å². The van der Waals surface area contributed by atoms with Crippen molar-refractivity contribution in [3.8, 4) is 0 Å². The molecule has 0 aliphatic heterocycles. The van der Waals surface area contributed by atoms with Gasteiger partial charge in [0.25, 0.3) is 10.0 Å². The molecule has 0 bridgehead atoms. The quantitative estimate of drug-likeness (QED) is 0.627. The van der Waals surface area contributed by atoms with E-state index in [1.54, 1.807) is 13.0 Å². The van der Waals surface area contributed by atoms with E-state index in [-0.39, 0.29) is 28.6 Å². The predicted molar refractivity (Wildman–Crippen MR) is 93.2 cm³/mol. The first-order chi connectivity index (χ1) is 11.9. The van der Waals surface area contributed by atoms with Crippen molar-refractivity contribution >= 4 is 25.7 Å². The molecule has 0 spiro atoms. The number of benzene rings is 1. The first-order valence-corrected chi connectivity index (χ1v) is 10.4. The van der Waals surface area contributed by atoms with Gasteiger partial charge in [-0.3, -0.25) is 9.71 Å². The van der Waals surface area contributed by atoms with Crippen molar-refractivity contribution in [1.29, 1.82) is 0 Å². The SMILES string of the molecule is CCOCCNS(=O)(=O)c1ccccc1S(=O)(=O)Nc1cccnc1. The first-order valence-electron chi connectivity index (χ1n) is 7.46. The Morgan fingerprint density at radius 3 is 2.28 bits per heavy atom. The normalized spacial score (nSPS) is 12.0. The minimum Gasteiger partial charge on any atom is -0.380 e. The fraction of sp³-hybridized carbons (Fsp3) is 0.267. The van der Waals surface area contributed by atoms with Crippen LogP contribution in [0, 0.1) is 0 Å². The van der Waals surface area contributed by atoms with Gasteiger partial charge in [0.05, 0.1) is 18.5 Å². The molecule has 0 radical (unpaired) electrons. The van der Waals surface area contributed by atoms with Crippen LogP contribution in [0.2, 0.25) is 0 Å². The molecule has 0 saturated carbocycles. The van der Waals surface area contributed by atoms with Crippen LogP contribution in [0.25, 0.3) is 0 Å². The van der Waals surface area contributed by atoms with Crippen molar-refractivity contribution in [2.45, 2.75) is 16.7 Å². The number of anilines is 1. The molecule has 0 aliphatic carbocycles. The summed E-state index contributed by atoms with van der Waals surface area (Å²) in [7, 11) is -8.11. The number of sulfonamides is 2. The highest BCUT2D eigenvalue weighted by atomic mass is 32.2. The molecule has 25 heavy (non-hydrogen) atoms. The Kier molecular flexibility index (Phi) is 6.48. The molecule has 2 aromatic rings. The van der Waals surface area contributed by atoms with E-state index in [0.29, 0.717) is 6.61 Å². The maximum atomic E-state index is 12.6. The van der Waals surface area contributed by atoms with Crippen LogP contribution in [0.4, 0.5) is 5.69 Å². The molecule has 1 heterocycles. The summed E-state index contributed by atoms with van der Waals surface area (Å²) >= 11 is 0. The fourth-order valence-electron chi connectivity index (χ4n) is 2.00. The molecule has 2 rings (SSSR count). The lowest BCUT2D eigenvalue weighted by molar-refractivity contribution is 0.153. The highest BCUT2D eigenvalue weighted by molar-refractivity contribution is 7.94. The van der Waals surface area contributed by atoms with Crippen LogP contribution >= 0.6 is 0 Å². The van der Waals surface area contributed by atoms with Crippen LogP contribution in [0.3, 0.4) is 0 Å². The standard InChI is InChI=1S/C15H19N3O5S2/c1-2-23-11-10-17-24(19,20)14-7-3-4-8-15(14)25(21,22)18-13-6-5-9-16-12-13/h3-9,12,17-18H,2,10-11H2,1H3. The van der Waals surface area contributed by atoms with Gasteiger partial charge in [0.2, 0.25) is 10.0 Å². The lowest BCUT2D eigenvalue weighted by Crippen LogP contribution is -2.29. The highest BCUT2D eigenvalue weighted by Crippen LogP contribution is 2.22. The molecule has 10 heteroatoms. The molecule has 0 saturated heterocycles. The third kappa shape index (κ3) is 5.23. The van der Waals surface area contributed by atoms with Crippen molar-refractivity contribution in [3.05, 3.63) is 48.8 Å². The van der Waals surface area contributed by atoms with E-state index in [0.717, 1.165) is 0 Å². The third-order valence-corrected chi connectivity index (χ3v) is 6.17. The van der Waals surface area contributed by atoms with Crippen molar-refractivity contribution in [1.82, 2.24) is 9.71 Å². The van der Waals surface area contributed by atoms with Crippen molar-refractivity contribution in [2.24, 2.45) is 0 Å². The number of aromatic nitrogens is 1. The summed E-state index contributed by atoms with van der Waals surface area (Å²) in [5.74, 6) is 0. The monoisotopic (exact) mass is 385 g/mol. The molecule has 0 fully saturated rings. The van der Waals surface area contributed by atoms with Gasteiger partial charge in [0, 0.05) is 19.3 Å². The fourth-order valence-corrected chi connectivity index (χ4v) is 4.89. The second-order valence-corrected chi connectivity index (χ2v) is 8.27. The van der Waals surface area contributed by atoms with Crippen molar-refractivity contribution < 1.29 is 21.6 Å². The molecular formula is C15H19N3O5S2. The summed E-state index contributed by atoms with van der Waals surface area (Å²) < 4.78 is 59.8. The Morgan fingerprint density at radius 1 is 1.00 bits per heavy atom. The van der Waals surface area contributed by atoms with E-state index in [4.69, 9.17) is 4.74 Å². The number of pyridine rings is 1. The molecule has 8 nitrogen and oxygen atoms in total. The minimum absolute atomic E-state index is 0.0423. The molecular weight excluding hydrogens is 366 g/mol. The molecule has 0 atom stereocenters. The van der Waals surface area contributed by atoms with Gasteiger partial charge in [-0.05, 0) is 31.2 Å². The van der Waals surface area contributed by atoms with E-state index in [9.17, 15) is 16.8 Å². The van der Waals surface area contributed by atoms with Gasteiger partial charge >= 0.3 is 0 Å². The summed E-state index contributed by atoms with van der Waals surface area (Å²) in [6.45, 7) is 2.49. The Bertz CT molecular complexity index is 900. The maximum Gasteiger partial charge on any atom is 0.263 e. The van der Waals surface area contributed by atoms with Gasteiger partial charge in [-0.2, -0.15) is 0 Å². The second kappa shape index (κ2) is 8.39. The number of nitrogens with one attached hydrogen (secondary N) is 2. The van der Waals surface area contributed by atoms with E-state index in [1.165, 1.54) is 42.7 Å². The van der Waals surface area contributed by atoms with Crippen LogP contribution in [-0.4, -0.2) is 41.6 Å². The van der Waals surface area contributed by atoms with E-state index >= 15 is 0 Å².